The largest absolute Gasteiger partial charge is 0.355 e. The third-order valence-corrected chi connectivity index (χ3v) is 4.44. The lowest BCUT2D eigenvalue weighted by molar-refractivity contribution is 0.492. The molecule has 1 atom stereocenters. The highest BCUT2D eigenvalue weighted by Crippen LogP contribution is 2.31. The standard InChI is InChI=1S/C16H16ClN5/c17-12-3-4-13-14(8-12)20-10-21-16(13)22-7-1-2-11(9-22)15-18-5-6-19-15/h3-6,8,10-11H,1-2,7,9H2,(H,18,19). The van der Waals surface area contributed by atoms with Crippen LogP contribution in [0.2, 0.25) is 5.02 Å². The maximum atomic E-state index is 6.06. The molecule has 0 radical (unpaired) electrons. The van der Waals surface area contributed by atoms with Crippen LogP contribution >= 0.6 is 11.6 Å². The Morgan fingerprint density at radius 1 is 1.23 bits per heavy atom. The summed E-state index contributed by atoms with van der Waals surface area (Å²) in [5.41, 5.74) is 0.887. The van der Waals surface area contributed by atoms with Gasteiger partial charge in [0.1, 0.15) is 18.0 Å². The fourth-order valence-electron chi connectivity index (χ4n) is 3.16. The van der Waals surface area contributed by atoms with Gasteiger partial charge in [0.2, 0.25) is 0 Å². The van der Waals surface area contributed by atoms with E-state index in [0.29, 0.717) is 10.9 Å². The Morgan fingerprint density at radius 3 is 3.05 bits per heavy atom. The Balaban J connectivity index is 1.69. The van der Waals surface area contributed by atoms with Gasteiger partial charge in [-0.05, 0) is 31.0 Å². The first-order valence-electron chi connectivity index (χ1n) is 7.46. The predicted octanol–water partition coefficient (Wildman–Crippen LogP) is 3.39. The van der Waals surface area contributed by atoms with Crippen LogP contribution < -0.4 is 4.90 Å². The van der Waals surface area contributed by atoms with E-state index in [4.69, 9.17) is 11.6 Å². The van der Waals surface area contributed by atoms with Crippen LogP contribution in [0, 0.1) is 0 Å². The Labute approximate surface area is 133 Å². The van der Waals surface area contributed by atoms with Gasteiger partial charge in [0.25, 0.3) is 0 Å². The van der Waals surface area contributed by atoms with Crippen molar-refractivity contribution in [2.75, 3.05) is 18.0 Å². The molecule has 0 amide bonds. The third kappa shape index (κ3) is 2.41. The highest BCUT2D eigenvalue weighted by Gasteiger charge is 2.25. The van der Waals surface area contributed by atoms with Gasteiger partial charge in [0.05, 0.1) is 5.52 Å². The van der Waals surface area contributed by atoms with Gasteiger partial charge >= 0.3 is 0 Å². The van der Waals surface area contributed by atoms with Crippen LogP contribution in [-0.2, 0) is 0 Å². The molecule has 1 N–H and O–H groups in total. The van der Waals surface area contributed by atoms with E-state index in [2.05, 4.69) is 24.8 Å². The van der Waals surface area contributed by atoms with Crippen LogP contribution in [0.1, 0.15) is 24.6 Å². The van der Waals surface area contributed by atoms with Crippen molar-refractivity contribution in [2.24, 2.45) is 0 Å². The van der Waals surface area contributed by atoms with E-state index in [0.717, 1.165) is 48.5 Å². The average molecular weight is 314 g/mol. The van der Waals surface area contributed by atoms with E-state index in [9.17, 15) is 0 Å². The van der Waals surface area contributed by atoms with Gasteiger partial charge in [-0.2, -0.15) is 0 Å². The van der Waals surface area contributed by atoms with Gasteiger partial charge in [0, 0.05) is 41.8 Å². The van der Waals surface area contributed by atoms with Crippen molar-refractivity contribution in [1.82, 2.24) is 19.9 Å². The second-order valence-corrected chi connectivity index (χ2v) is 6.05. The molecule has 3 heterocycles. The van der Waals surface area contributed by atoms with Crippen molar-refractivity contribution in [3.8, 4) is 0 Å². The number of hydrogen-bond donors (Lipinski definition) is 1. The summed E-state index contributed by atoms with van der Waals surface area (Å²) in [6, 6.07) is 5.78. The fraction of sp³-hybridized carbons (Fsp3) is 0.312. The molecule has 1 fully saturated rings. The summed E-state index contributed by atoms with van der Waals surface area (Å²) in [5.74, 6) is 2.46. The zero-order valence-electron chi connectivity index (χ0n) is 12.0. The van der Waals surface area contributed by atoms with Crippen molar-refractivity contribution in [1.29, 1.82) is 0 Å². The van der Waals surface area contributed by atoms with Gasteiger partial charge in [-0.15, -0.1) is 0 Å². The molecule has 1 aliphatic rings. The molecule has 6 heteroatoms. The Morgan fingerprint density at radius 2 is 2.18 bits per heavy atom. The number of halogens is 1. The number of H-pyrrole nitrogens is 1. The smallest absolute Gasteiger partial charge is 0.139 e. The summed E-state index contributed by atoms with van der Waals surface area (Å²) >= 11 is 6.06. The minimum atomic E-state index is 0.418. The zero-order chi connectivity index (χ0) is 14.9. The Kier molecular flexibility index (Phi) is 3.42. The number of aromatic nitrogens is 4. The molecule has 0 spiro atoms. The molecular formula is C16H16ClN5. The first kappa shape index (κ1) is 13.5. The minimum Gasteiger partial charge on any atom is -0.355 e. The zero-order valence-corrected chi connectivity index (χ0v) is 12.8. The molecule has 0 bridgehead atoms. The SMILES string of the molecule is Clc1ccc2c(N3CCCC(c4ncc[nH]4)C3)ncnc2c1. The second-order valence-electron chi connectivity index (χ2n) is 5.62. The van der Waals surface area contributed by atoms with Crippen LogP contribution in [-0.4, -0.2) is 33.0 Å². The normalized spacial score (nSPS) is 18.8. The van der Waals surface area contributed by atoms with E-state index in [1.807, 2.05) is 30.6 Å². The van der Waals surface area contributed by atoms with E-state index in [1.165, 1.54) is 0 Å². The number of rotatable bonds is 2. The summed E-state index contributed by atoms with van der Waals surface area (Å²) in [6.45, 7) is 1.92. The molecule has 1 aromatic carbocycles. The molecule has 4 rings (SSSR count). The molecule has 1 unspecified atom stereocenters. The van der Waals surface area contributed by atoms with Crippen molar-refractivity contribution in [2.45, 2.75) is 18.8 Å². The number of aromatic amines is 1. The molecule has 22 heavy (non-hydrogen) atoms. The molecular weight excluding hydrogens is 298 g/mol. The van der Waals surface area contributed by atoms with E-state index >= 15 is 0 Å². The minimum absolute atomic E-state index is 0.418. The van der Waals surface area contributed by atoms with E-state index in [-0.39, 0.29) is 0 Å². The Hall–Kier alpha value is -2.14. The van der Waals surface area contributed by atoms with E-state index in [1.54, 1.807) is 6.33 Å². The van der Waals surface area contributed by atoms with Crippen molar-refractivity contribution in [3.05, 3.63) is 47.8 Å². The Bertz CT molecular complexity index is 786. The summed E-state index contributed by atoms with van der Waals surface area (Å²) in [5, 5.41) is 1.75. The number of imidazole rings is 1. The summed E-state index contributed by atoms with van der Waals surface area (Å²) in [6.07, 6.45) is 7.60. The molecule has 112 valence electrons. The number of nitrogens with one attached hydrogen (secondary N) is 1. The second kappa shape index (κ2) is 5.57. The summed E-state index contributed by atoms with van der Waals surface area (Å²) in [7, 11) is 0. The monoisotopic (exact) mass is 313 g/mol. The highest BCUT2D eigenvalue weighted by molar-refractivity contribution is 6.31. The molecule has 0 saturated carbocycles. The van der Waals surface area contributed by atoms with Crippen molar-refractivity contribution in [3.63, 3.8) is 0 Å². The maximum absolute atomic E-state index is 6.06. The quantitative estimate of drug-likeness (QED) is 0.788. The first-order valence-corrected chi connectivity index (χ1v) is 7.83. The molecule has 1 aliphatic heterocycles. The topological polar surface area (TPSA) is 57.7 Å². The highest BCUT2D eigenvalue weighted by atomic mass is 35.5. The molecule has 2 aromatic heterocycles. The third-order valence-electron chi connectivity index (χ3n) is 4.20. The lowest BCUT2D eigenvalue weighted by Crippen LogP contribution is -2.35. The molecule has 5 nitrogen and oxygen atoms in total. The number of benzene rings is 1. The first-order chi connectivity index (χ1) is 10.8. The number of anilines is 1. The number of hydrogen-bond acceptors (Lipinski definition) is 4. The number of piperidine rings is 1. The lowest BCUT2D eigenvalue weighted by atomic mass is 9.97. The lowest BCUT2D eigenvalue weighted by Gasteiger charge is -2.33. The van der Waals surface area contributed by atoms with Crippen LogP contribution in [0.3, 0.4) is 0 Å². The fourth-order valence-corrected chi connectivity index (χ4v) is 3.33. The molecule has 1 saturated heterocycles. The van der Waals surface area contributed by atoms with Gasteiger partial charge in [-0.3, -0.25) is 0 Å². The van der Waals surface area contributed by atoms with Crippen LogP contribution in [0.25, 0.3) is 10.9 Å². The maximum Gasteiger partial charge on any atom is 0.139 e. The predicted molar refractivity (Wildman–Crippen MR) is 87.3 cm³/mol. The van der Waals surface area contributed by atoms with Crippen LogP contribution in [0.15, 0.2) is 36.9 Å². The van der Waals surface area contributed by atoms with Gasteiger partial charge < -0.3 is 9.88 Å². The number of fused-ring (bicyclic) bond motifs is 1. The molecule has 0 aliphatic carbocycles. The van der Waals surface area contributed by atoms with Crippen molar-refractivity contribution < 1.29 is 0 Å². The van der Waals surface area contributed by atoms with Crippen LogP contribution in [0.4, 0.5) is 5.82 Å². The van der Waals surface area contributed by atoms with Crippen LogP contribution in [0.5, 0.6) is 0 Å². The summed E-state index contributed by atoms with van der Waals surface area (Å²) in [4.78, 5) is 18.8. The summed E-state index contributed by atoms with van der Waals surface area (Å²) < 4.78 is 0. The average Bonchev–Trinajstić information content (AvgIpc) is 3.08. The van der Waals surface area contributed by atoms with Gasteiger partial charge in [-0.1, -0.05) is 11.6 Å². The van der Waals surface area contributed by atoms with Crippen molar-refractivity contribution >= 4 is 28.3 Å². The van der Waals surface area contributed by atoms with E-state index < -0.39 is 0 Å². The molecule has 3 aromatic rings. The van der Waals surface area contributed by atoms with Gasteiger partial charge in [0.15, 0.2) is 0 Å². The van der Waals surface area contributed by atoms with Gasteiger partial charge in [-0.25, -0.2) is 15.0 Å². The number of nitrogens with zero attached hydrogens (tertiary/aromatic N) is 4.